The highest BCUT2D eigenvalue weighted by molar-refractivity contribution is 7.22. The molecular weight excluding hydrogens is 456 g/mol. The van der Waals surface area contributed by atoms with Crippen LogP contribution < -0.4 is 14.4 Å². The Bertz CT molecular complexity index is 1450. The number of ether oxygens (including phenoxy) is 2. The summed E-state index contributed by atoms with van der Waals surface area (Å²) in [5, 5.41) is 11.5. The fraction of sp³-hybridized carbons (Fsp3) is 0.160. The van der Waals surface area contributed by atoms with Crippen molar-refractivity contribution in [3.8, 4) is 11.5 Å². The molecule has 172 valence electrons. The molecule has 1 amide bonds. The van der Waals surface area contributed by atoms with Crippen molar-refractivity contribution in [1.29, 1.82) is 0 Å². The number of Topliss-reactive ketones (excluding diaryl/α,β-unsaturated/α-hetero) is 1. The van der Waals surface area contributed by atoms with Crippen molar-refractivity contribution in [2.24, 2.45) is 0 Å². The molecule has 2 aromatic heterocycles. The zero-order valence-corrected chi connectivity index (χ0v) is 19.4. The maximum Gasteiger partial charge on any atom is 0.302 e. The first-order valence-corrected chi connectivity index (χ1v) is 11.2. The molecule has 34 heavy (non-hydrogen) atoms. The van der Waals surface area contributed by atoms with Crippen molar-refractivity contribution in [2.75, 3.05) is 19.1 Å². The summed E-state index contributed by atoms with van der Waals surface area (Å²) in [5.41, 5.74) is 0.967. The number of hydrogen-bond donors (Lipinski definition) is 1. The zero-order chi connectivity index (χ0) is 24.0. The second-order valence-corrected chi connectivity index (χ2v) is 8.69. The third-order valence-corrected chi connectivity index (χ3v) is 6.65. The van der Waals surface area contributed by atoms with E-state index in [0.717, 1.165) is 4.70 Å². The molecule has 1 unspecified atom stereocenters. The summed E-state index contributed by atoms with van der Waals surface area (Å²) >= 11 is 1.25. The maximum atomic E-state index is 13.3. The van der Waals surface area contributed by atoms with Crippen molar-refractivity contribution in [3.63, 3.8) is 0 Å². The number of methoxy groups -OCH3 is 2. The van der Waals surface area contributed by atoms with E-state index in [1.165, 1.54) is 23.3 Å². The number of aromatic nitrogens is 1. The predicted molar refractivity (Wildman–Crippen MR) is 127 cm³/mol. The topological polar surface area (TPSA) is 102 Å². The highest BCUT2D eigenvalue weighted by Gasteiger charge is 2.49. The van der Waals surface area contributed by atoms with Crippen molar-refractivity contribution < 1.29 is 28.6 Å². The number of thiazole rings is 1. The van der Waals surface area contributed by atoms with E-state index in [1.807, 2.05) is 6.07 Å². The average Bonchev–Trinajstić information content (AvgIpc) is 3.54. The highest BCUT2D eigenvalue weighted by atomic mass is 32.1. The number of rotatable bonds is 5. The minimum Gasteiger partial charge on any atom is -0.507 e. The minimum atomic E-state index is -0.974. The molecule has 8 nitrogen and oxygen atoms in total. The normalized spacial score (nSPS) is 17.5. The Kier molecular flexibility index (Phi) is 5.33. The SMILES string of the molecule is COc1ccc(C(O)=C2C(=O)C(=O)N(c3nc4ccc(OC)cc4s3)C2c2ccc(C)o2)cc1. The first kappa shape index (κ1) is 21.7. The number of nitrogens with zero attached hydrogens (tertiary/aromatic N) is 2. The first-order chi connectivity index (χ1) is 16.4. The molecule has 0 saturated carbocycles. The van der Waals surface area contributed by atoms with Gasteiger partial charge in [0, 0.05) is 5.56 Å². The molecule has 4 aromatic rings. The van der Waals surface area contributed by atoms with Crippen LogP contribution in [0.3, 0.4) is 0 Å². The summed E-state index contributed by atoms with van der Waals surface area (Å²) in [5.74, 6) is 0.305. The molecule has 0 bridgehead atoms. The Morgan fingerprint density at radius 2 is 1.74 bits per heavy atom. The quantitative estimate of drug-likeness (QED) is 0.250. The lowest BCUT2D eigenvalue weighted by Crippen LogP contribution is -2.29. The highest BCUT2D eigenvalue weighted by Crippen LogP contribution is 2.45. The Morgan fingerprint density at radius 3 is 2.38 bits per heavy atom. The standard InChI is InChI=1S/C25H20N2O6S/c1-13-4-11-18(33-13)21-20(22(28)14-5-7-15(31-2)8-6-14)23(29)24(30)27(21)25-26-17-10-9-16(32-3)12-19(17)34-25/h4-12,21,28H,1-3H3. The molecule has 2 aromatic carbocycles. The van der Waals surface area contributed by atoms with E-state index < -0.39 is 17.7 Å². The largest absolute Gasteiger partial charge is 0.507 e. The van der Waals surface area contributed by atoms with Crippen molar-refractivity contribution in [2.45, 2.75) is 13.0 Å². The van der Waals surface area contributed by atoms with Gasteiger partial charge in [0.15, 0.2) is 5.13 Å². The van der Waals surface area contributed by atoms with Crippen LogP contribution in [-0.2, 0) is 9.59 Å². The molecule has 1 aliphatic heterocycles. The fourth-order valence-electron chi connectivity index (χ4n) is 3.93. The number of aliphatic hydroxyl groups is 1. The van der Waals surface area contributed by atoms with Gasteiger partial charge in [0.05, 0.1) is 30.0 Å². The summed E-state index contributed by atoms with van der Waals surface area (Å²) in [4.78, 5) is 32.3. The van der Waals surface area contributed by atoms with Gasteiger partial charge in [-0.25, -0.2) is 4.98 Å². The van der Waals surface area contributed by atoms with Gasteiger partial charge in [0.25, 0.3) is 5.78 Å². The van der Waals surface area contributed by atoms with Gasteiger partial charge in [0.1, 0.15) is 34.8 Å². The van der Waals surface area contributed by atoms with Crippen LogP contribution in [-0.4, -0.2) is 36.0 Å². The number of benzene rings is 2. The lowest BCUT2D eigenvalue weighted by Gasteiger charge is -2.20. The fourth-order valence-corrected chi connectivity index (χ4v) is 4.95. The van der Waals surface area contributed by atoms with E-state index in [0.29, 0.717) is 39.2 Å². The first-order valence-electron chi connectivity index (χ1n) is 10.4. The van der Waals surface area contributed by atoms with E-state index in [2.05, 4.69) is 4.98 Å². The number of ketones is 1. The van der Waals surface area contributed by atoms with E-state index >= 15 is 0 Å². The van der Waals surface area contributed by atoms with Crippen LogP contribution >= 0.6 is 11.3 Å². The van der Waals surface area contributed by atoms with Crippen LogP contribution in [0.15, 0.2) is 64.6 Å². The molecule has 1 aliphatic rings. The van der Waals surface area contributed by atoms with Crippen molar-refractivity contribution in [1.82, 2.24) is 4.98 Å². The lowest BCUT2D eigenvalue weighted by molar-refractivity contribution is -0.132. The van der Waals surface area contributed by atoms with E-state index in [1.54, 1.807) is 62.6 Å². The number of anilines is 1. The summed E-state index contributed by atoms with van der Waals surface area (Å²) < 4.78 is 17.1. The van der Waals surface area contributed by atoms with Crippen molar-refractivity contribution in [3.05, 3.63) is 77.3 Å². The Morgan fingerprint density at radius 1 is 1.03 bits per heavy atom. The number of hydrogen-bond acceptors (Lipinski definition) is 8. The van der Waals surface area contributed by atoms with Gasteiger partial charge >= 0.3 is 5.91 Å². The molecule has 5 rings (SSSR count). The van der Waals surface area contributed by atoms with Crippen molar-refractivity contribution >= 4 is 44.1 Å². The molecule has 1 N–H and O–H groups in total. The van der Waals surface area contributed by atoms with E-state index in [9.17, 15) is 14.7 Å². The number of amides is 1. The number of aryl methyl sites for hydroxylation is 1. The Balaban J connectivity index is 1.68. The second-order valence-electron chi connectivity index (χ2n) is 7.68. The summed E-state index contributed by atoms with van der Waals surface area (Å²) in [6.45, 7) is 1.77. The second kappa shape index (κ2) is 8.35. The van der Waals surface area contributed by atoms with Gasteiger partial charge < -0.3 is 19.0 Å². The molecular formula is C25H20N2O6S. The molecule has 1 atom stereocenters. The van der Waals surface area contributed by atoms with Crippen LogP contribution in [0.1, 0.15) is 23.1 Å². The summed E-state index contributed by atoms with van der Waals surface area (Å²) in [6, 6.07) is 14.4. The number of carbonyl (C=O) groups is 2. The van der Waals surface area contributed by atoms with Crippen LogP contribution in [0.2, 0.25) is 0 Å². The van der Waals surface area contributed by atoms with E-state index in [-0.39, 0.29) is 11.3 Å². The van der Waals surface area contributed by atoms with E-state index in [4.69, 9.17) is 13.9 Å². The third-order valence-electron chi connectivity index (χ3n) is 5.63. The van der Waals surface area contributed by atoms with Gasteiger partial charge in [-0.05, 0) is 61.5 Å². The van der Waals surface area contributed by atoms with Gasteiger partial charge in [0.2, 0.25) is 0 Å². The average molecular weight is 477 g/mol. The molecule has 3 heterocycles. The number of furan rings is 1. The minimum absolute atomic E-state index is 0.0682. The van der Waals surface area contributed by atoms with Crippen LogP contribution in [0, 0.1) is 6.92 Å². The summed E-state index contributed by atoms with van der Waals surface area (Å²) in [7, 11) is 3.10. The number of fused-ring (bicyclic) bond motifs is 1. The number of carbonyl (C=O) groups excluding carboxylic acids is 2. The van der Waals surface area contributed by atoms with Crippen LogP contribution in [0.25, 0.3) is 16.0 Å². The number of aliphatic hydroxyl groups excluding tert-OH is 1. The molecule has 9 heteroatoms. The predicted octanol–water partition coefficient (Wildman–Crippen LogP) is 4.84. The third kappa shape index (κ3) is 3.50. The van der Waals surface area contributed by atoms with Gasteiger partial charge in [-0.15, -0.1) is 0 Å². The van der Waals surface area contributed by atoms with Crippen LogP contribution in [0.5, 0.6) is 11.5 Å². The zero-order valence-electron chi connectivity index (χ0n) is 18.6. The van der Waals surface area contributed by atoms with Gasteiger partial charge in [-0.3, -0.25) is 14.5 Å². The van der Waals surface area contributed by atoms with Crippen LogP contribution in [0.4, 0.5) is 5.13 Å². The molecule has 0 spiro atoms. The monoisotopic (exact) mass is 476 g/mol. The van der Waals surface area contributed by atoms with Gasteiger partial charge in [-0.1, -0.05) is 11.3 Å². The molecule has 0 aliphatic carbocycles. The molecule has 1 saturated heterocycles. The summed E-state index contributed by atoms with van der Waals surface area (Å²) in [6.07, 6.45) is 0. The molecule has 1 fully saturated rings. The Hall–Kier alpha value is -4.11. The molecule has 0 radical (unpaired) electrons. The lowest BCUT2D eigenvalue weighted by atomic mass is 9.99. The maximum absolute atomic E-state index is 13.3. The van der Waals surface area contributed by atoms with Gasteiger partial charge in [-0.2, -0.15) is 0 Å². The smallest absolute Gasteiger partial charge is 0.302 e. The Labute approximate surface area is 198 Å².